The lowest BCUT2D eigenvalue weighted by atomic mass is 9.89. The first-order valence-corrected chi connectivity index (χ1v) is 9.46. The average molecular weight is 469 g/mol. The smallest absolute Gasteiger partial charge is 0.344 e. The van der Waals surface area contributed by atoms with Gasteiger partial charge in [0.25, 0.3) is 0 Å². The van der Waals surface area contributed by atoms with Gasteiger partial charge in [-0.3, -0.25) is 0 Å². The Balaban J connectivity index is 6.79. The number of carbonyl (C=O) groups excluding carboxylic acids is 2. The SMILES string of the molecule is CC/C(Cl)=C(CC)/C(CC)=C(CC)\C(C(=O)OC)=C(/I)C(=O)OC. The van der Waals surface area contributed by atoms with Crippen molar-refractivity contribution in [3.8, 4) is 0 Å². The van der Waals surface area contributed by atoms with E-state index in [1.807, 2.05) is 50.3 Å². The number of esters is 2. The molecule has 6 heteroatoms. The highest BCUT2D eigenvalue weighted by Gasteiger charge is 2.26. The van der Waals surface area contributed by atoms with Crippen LogP contribution in [0.2, 0.25) is 0 Å². The first kappa shape index (κ1) is 23.2. The predicted octanol–water partition coefficient (Wildman–Crippen LogP) is 5.45. The van der Waals surface area contributed by atoms with Crippen molar-refractivity contribution in [1.82, 2.24) is 0 Å². The van der Waals surface area contributed by atoms with Crippen LogP contribution >= 0.6 is 34.2 Å². The van der Waals surface area contributed by atoms with Crippen LogP contribution in [0.15, 0.2) is 30.9 Å². The number of methoxy groups -OCH3 is 2. The molecule has 0 aromatic rings. The standard InChI is InChI=1S/C18H26ClIO4/c1-7-11(12(8-2)14(19)10-4)13(9-3)15(17(21)23-5)16(20)18(22)24-6/h7-10H2,1-6H3/b13-11-,14-12-,16-15+. The molecule has 4 nitrogen and oxygen atoms in total. The van der Waals surface area contributed by atoms with Crippen molar-refractivity contribution in [1.29, 1.82) is 0 Å². The number of carbonyl (C=O) groups is 2. The summed E-state index contributed by atoms with van der Waals surface area (Å²) in [7, 11) is 2.59. The van der Waals surface area contributed by atoms with Gasteiger partial charge in [-0.05, 0) is 65.0 Å². The van der Waals surface area contributed by atoms with Crippen LogP contribution in [0, 0.1) is 0 Å². The molecule has 0 saturated heterocycles. The van der Waals surface area contributed by atoms with E-state index in [-0.39, 0.29) is 9.15 Å². The lowest BCUT2D eigenvalue weighted by Crippen LogP contribution is -2.15. The van der Waals surface area contributed by atoms with E-state index in [4.69, 9.17) is 21.1 Å². The molecule has 0 radical (unpaired) electrons. The third kappa shape index (κ3) is 5.62. The molecular weight excluding hydrogens is 443 g/mol. The third-order valence-electron chi connectivity index (χ3n) is 3.70. The van der Waals surface area contributed by atoms with E-state index in [2.05, 4.69) is 0 Å². The van der Waals surface area contributed by atoms with E-state index in [1.54, 1.807) is 0 Å². The van der Waals surface area contributed by atoms with Crippen LogP contribution in [-0.2, 0) is 19.1 Å². The molecule has 0 amide bonds. The minimum atomic E-state index is -0.555. The highest BCUT2D eigenvalue weighted by atomic mass is 127. The summed E-state index contributed by atoms with van der Waals surface area (Å²) in [5.74, 6) is -1.10. The van der Waals surface area contributed by atoms with Crippen molar-refractivity contribution in [3.05, 3.63) is 30.9 Å². The molecule has 0 aliphatic heterocycles. The fraction of sp³-hybridized carbons (Fsp3) is 0.556. The normalized spacial score (nSPS) is 14.3. The van der Waals surface area contributed by atoms with Crippen LogP contribution in [0.3, 0.4) is 0 Å². The van der Waals surface area contributed by atoms with Crippen LogP contribution in [0.1, 0.15) is 53.4 Å². The Morgan fingerprint density at radius 2 is 1.25 bits per heavy atom. The molecule has 0 N–H and O–H groups in total. The molecule has 136 valence electrons. The van der Waals surface area contributed by atoms with Crippen LogP contribution in [0.25, 0.3) is 0 Å². The van der Waals surface area contributed by atoms with E-state index >= 15 is 0 Å². The molecule has 0 aromatic carbocycles. The Kier molecular flexibility index (Phi) is 11.3. The molecule has 0 aromatic heterocycles. The van der Waals surface area contributed by atoms with Crippen molar-refractivity contribution in [3.63, 3.8) is 0 Å². The molecule has 24 heavy (non-hydrogen) atoms. The highest BCUT2D eigenvalue weighted by molar-refractivity contribution is 14.1. The van der Waals surface area contributed by atoms with Gasteiger partial charge in [-0.1, -0.05) is 39.3 Å². The third-order valence-corrected chi connectivity index (χ3v) is 5.18. The minimum Gasteiger partial charge on any atom is -0.465 e. The summed E-state index contributed by atoms with van der Waals surface area (Å²) >= 11 is 8.25. The van der Waals surface area contributed by atoms with Crippen molar-refractivity contribution < 1.29 is 19.1 Å². The molecule has 0 aliphatic rings. The summed E-state index contributed by atoms with van der Waals surface area (Å²) in [6.45, 7) is 7.98. The average Bonchev–Trinajstić information content (AvgIpc) is 2.61. The molecule has 0 rings (SSSR count). The summed E-state index contributed by atoms with van der Waals surface area (Å²) in [4.78, 5) is 24.3. The van der Waals surface area contributed by atoms with Crippen molar-refractivity contribution >= 4 is 46.1 Å². The van der Waals surface area contributed by atoms with Gasteiger partial charge >= 0.3 is 11.9 Å². The second-order valence-electron chi connectivity index (χ2n) is 4.93. The Labute approximate surface area is 163 Å². The number of hydrogen-bond acceptors (Lipinski definition) is 4. The molecule has 0 bridgehead atoms. The fourth-order valence-corrected chi connectivity index (χ4v) is 3.58. The maximum Gasteiger partial charge on any atom is 0.344 e. The van der Waals surface area contributed by atoms with Gasteiger partial charge in [0.15, 0.2) is 0 Å². The zero-order valence-corrected chi connectivity index (χ0v) is 18.1. The zero-order valence-electron chi connectivity index (χ0n) is 15.2. The van der Waals surface area contributed by atoms with Gasteiger partial charge in [0.1, 0.15) is 3.58 Å². The van der Waals surface area contributed by atoms with Crippen molar-refractivity contribution in [2.24, 2.45) is 0 Å². The Morgan fingerprint density at radius 3 is 1.58 bits per heavy atom. The lowest BCUT2D eigenvalue weighted by molar-refractivity contribution is -0.138. The summed E-state index contributed by atoms with van der Waals surface area (Å²) in [5, 5.41) is 0.776. The summed E-state index contributed by atoms with van der Waals surface area (Å²) in [6, 6.07) is 0. The van der Waals surface area contributed by atoms with Crippen LogP contribution < -0.4 is 0 Å². The molecule has 0 heterocycles. The largest absolute Gasteiger partial charge is 0.465 e. The molecular formula is C18H26ClIO4. The summed E-state index contributed by atoms with van der Waals surface area (Å²) < 4.78 is 9.91. The van der Waals surface area contributed by atoms with Gasteiger partial charge < -0.3 is 9.47 Å². The quantitative estimate of drug-likeness (QED) is 0.206. The van der Waals surface area contributed by atoms with Gasteiger partial charge in [0, 0.05) is 5.03 Å². The van der Waals surface area contributed by atoms with E-state index in [9.17, 15) is 9.59 Å². The van der Waals surface area contributed by atoms with Gasteiger partial charge in [0.05, 0.1) is 19.8 Å². The summed E-state index contributed by atoms with van der Waals surface area (Å²) in [6.07, 6.45) is 2.75. The number of hydrogen-bond donors (Lipinski definition) is 0. The maximum atomic E-state index is 12.4. The van der Waals surface area contributed by atoms with Crippen LogP contribution in [0.5, 0.6) is 0 Å². The topological polar surface area (TPSA) is 52.6 Å². The second-order valence-corrected chi connectivity index (χ2v) is 6.46. The molecule has 0 atom stereocenters. The monoisotopic (exact) mass is 468 g/mol. The van der Waals surface area contributed by atoms with E-state index in [1.165, 1.54) is 14.2 Å². The number of allylic oxidation sites excluding steroid dienone is 3. The van der Waals surface area contributed by atoms with E-state index < -0.39 is 11.9 Å². The van der Waals surface area contributed by atoms with E-state index in [0.717, 1.165) is 34.6 Å². The zero-order chi connectivity index (χ0) is 18.9. The second kappa shape index (κ2) is 11.7. The van der Waals surface area contributed by atoms with Crippen molar-refractivity contribution in [2.75, 3.05) is 14.2 Å². The molecule has 0 unspecified atom stereocenters. The first-order chi connectivity index (χ1) is 11.3. The molecule has 0 spiro atoms. The molecule has 0 saturated carbocycles. The Bertz CT molecular complexity index is 574. The molecule has 0 fully saturated rings. The van der Waals surface area contributed by atoms with Crippen LogP contribution in [0.4, 0.5) is 0 Å². The summed E-state index contributed by atoms with van der Waals surface area (Å²) in [5.41, 5.74) is 3.05. The van der Waals surface area contributed by atoms with Gasteiger partial charge in [-0.15, -0.1) is 0 Å². The minimum absolute atomic E-state index is 0.216. The maximum absolute atomic E-state index is 12.4. The predicted molar refractivity (Wildman–Crippen MR) is 106 cm³/mol. The van der Waals surface area contributed by atoms with Gasteiger partial charge in [0.2, 0.25) is 0 Å². The number of halogens is 2. The lowest BCUT2D eigenvalue weighted by Gasteiger charge is -2.19. The fourth-order valence-electron chi connectivity index (χ4n) is 2.57. The first-order valence-electron chi connectivity index (χ1n) is 8.00. The van der Waals surface area contributed by atoms with Gasteiger partial charge in [-0.2, -0.15) is 0 Å². The van der Waals surface area contributed by atoms with E-state index in [0.29, 0.717) is 12.8 Å². The molecule has 0 aliphatic carbocycles. The number of ether oxygens (including phenoxy) is 2. The van der Waals surface area contributed by atoms with Crippen LogP contribution in [-0.4, -0.2) is 26.2 Å². The van der Waals surface area contributed by atoms with Crippen molar-refractivity contribution in [2.45, 2.75) is 53.4 Å². The Hall–Kier alpha value is -0.820. The highest BCUT2D eigenvalue weighted by Crippen LogP contribution is 2.35. The van der Waals surface area contributed by atoms with Gasteiger partial charge in [-0.25, -0.2) is 9.59 Å². The number of rotatable bonds is 8. The Morgan fingerprint density at radius 1 is 0.792 bits per heavy atom.